The van der Waals surface area contributed by atoms with Crippen molar-refractivity contribution in [2.45, 2.75) is 64.7 Å². The molecule has 0 aliphatic heterocycles. The second kappa shape index (κ2) is 11.0. The molecule has 14 heavy (non-hydrogen) atoms. The van der Waals surface area contributed by atoms with E-state index in [1.807, 2.05) is 0 Å². The van der Waals surface area contributed by atoms with Crippen molar-refractivity contribution in [2.75, 3.05) is 0 Å². The van der Waals surface area contributed by atoms with Crippen molar-refractivity contribution in [1.29, 1.82) is 0 Å². The number of unbranched alkanes of at least 4 members (excludes halogenated alkanes) is 7. The minimum absolute atomic E-state index is 0.156. The van der Waals surface area contributed by atoms with Crippen molar-refractivity contribution in [1.82, 2.24) is 0 Å². The molecule has 84 valence electrons. The first-order valence-corrected chi connectivity index (χ1v) is 6.27. The summed E-state index contributed by atoms with van der Waals surface area (Å²) in [6.45, 7) is 2.23. The first kappa shape index (κ1) is 13.9. The molecule has 0 radical (unpaired) electrons. The maximum absolute atomic E-state index is 10.7. The molecule has 0 atom stereocenters. The van der Waals surface area contributed by atoms with E-state index in [0.29, 0.717) is 6.42 Å². The Hall–Kier alpha value is -0.0500. The Bertz CT molecular complexity index is 137. The summed E-state index contributed by atoms with van der Waals surface area (Å²) >= 11 is 2.68. The van der Waals surface area contributed by atoms with Crippen molar-refractivity contribution < 1.29 is 8.62 Å². The number of rotatable bonds is 9. The molecular formula is C11H21BrO2. The molecule has 0 heterocycles. The van der Waals surface area contributed by atoms with E-state index in [0.717, 1.165) is 12.8 Å². The van der Waals surface area contributed by atoms with Crippen LogP contribution in [0.4, 0.5) is 0 Å². The average molecular weight is 265 g/mol. The van der Waals surface area contributed by atoms with Gasteiger partial charge in [0, 0.05) is 6.42 Å². The molecule has 0 N–H and O–H groups in total. The molecule has 0 aromatic heterocycles. The van der Waals surface area contributed by atoms with Crippen LogP contribution in [0.25, 0.3) is 0 Å². The molecular weight excluding hydrogens is 244 g/mol. The Balaban J connectivity index is 2.95. The summed E-state index contributed by atoms with van der Waals surface area (Å²) in [5, 5.41) is 0. The molecule has 0 saturated carbocycles. The molecule has 0 fully saturated rings. The molecule has 0 rings (SSSR count). The summed E-state index contributed by atoms with van der Waals surface area (Å²) < 4.78 is 4.38. The quantitative estimate of drug-likeness (QED) is 0.578. The van der Waals surface area contributed by atoms with Gasteiger partial charge in [0.1, 0.15) is 0 Å². The van der Waals surface area contributed by atoms with E-state index in [1.54, 1.807) is 0 Å². The second-order valence-electron chi connectivity index (χ2n) is 3.67. The van der Waals surface area contributed by atoms with Gasteiger partial charge in [0.2, 0.25) is 0 Å². The van der Waals surface area contributed by atoms with Crippen molar-refractivity contribution in [3.05, 3.63) is 0 Å². The zero-order valence-electron chi connectivity index (χ0n) is 9.06. The third kappa shape index (κ3) is 10.0. The van der Waals surface area contributed by atoms with E-state index in [-0.39, 0.29) is 5.97 Å². The highest BCUT2D eigenvalue weighted by molar-refractivity contribution is 9.06. The van der Waals surface area contributed by atoms with Crippen LogP contribution >= 0.6 is 16.3 Å². The lowest BCUT2D eigenvalue weighted by Gasteiger charge is -2.00. The molecule has 0 unspecified atom stereocenters. The predicted octanol–water partition coefficient (Wildman–Crippen LogP) is 4.37. The third-order valence-corrected chi connectivity index (χ3v) is 2.68. The van der Waals surface area contributed by atoms with Gasteiger partial charge in [-0.2, -0.15) is 0 Å². The van der Waals surface area contributed by atoms with Gasteiger partial charge in [-0.05, 0) is 6.42 Å². The van der Waals surface area contributed by atoms with E-state index in [1.165, 1.54) is 38.5 Å². The molecule has 0 amide bonds. The second-order valence-corrected chi connectivity index (χ2v) is 4.00. The van der Waals surface area contributed by atoms with Crippen molar-refractivity contribution in [3.8, 4) is 0 Å². The average Bonchev–Trinajstić information content (AvgIpc) is 2.21. The Morgan fingerprint density at radius 2 is 1.50 bits per heavy atom. The van der Waals surface area contributed by atoms with Crippen LogP contribution in [0.2, 0.25) is 0 Å². The fourth-order valence-corrected chi connectivity index (χ4v) is 1.60. The van der Waals surface area contributed by atoms with Crippen molar-refractivity contribution in [2.24, 2.45) is 0 Å². The highest BCUT2D eigenvalue weighted by Crippen LogP contribution is 2.10. The van der Waals surface area contributed by atoms with Gasteiger partial charge in [0.15, 0.2) is 16.3 Å². The third-order valence-electron chi connectivity index (χ3n) is 2.32. The molecule has 0 spiro atoms. The molecule has 0 aliphatic rings. The Kier molecular flexibility index (Phi) is 11.0. The van der Waals surface area contributed by atoms with Gasteiger partial charge in [-0.3, -0.25) is 4.79 Å². The number of hydrogen-bond acceptors (Lipinski definition) is 2. The number of carbonyl (C=O) groups is 1. The highest BCUT2D eigenvalue weighted by atomic mass is 79.9. The predicted molar refractivity (Wildman–Crippen MR) is 62.2 cm³/mol. The zero-order valence-corrected chi connectivity index (χ0v) is 10.6. The summed E-state index contributed by atoms with van der Waals surface area (Å²) in [6.07, 6.45) is 10.6. The lowest BCUT2D eigenvalue weighted by atomic mass is 10.1. The van der Waals surface area contributed by atoms with Crippen LogP contribution in [-0.2, 0) is 8.62 Å². The minimum Gasteiger partial charge on any atom is -0.384 e. The normalized spacial score (nSPS) is 10.1. The standard InChI is InChI=1S/C11H21BrO2/c1-2-3-4-5-6-7-8-9-10-11(13)14-12/h2-10H2,1H3. The summed E-state index contributed by atoms with van der Waals surface area (Å²) in [5.74, 6) is -0.156. The largest absolute Gasteiger partial charge is 0.384 e. The highest BCUT2D eigenvalue weighted by Gasteiger charge is 1.99. The lowest BCUT2D eigenvalue weighted by molar-refractivity contribution is -0.132. The van der Waals surface area contributed by atoms with Crippen LogP contribution in [-0.4, -0.2) is 5.97 Å². The molecule has 2 nitrogen and oxygen atoms in total. The van der Waals surface area contributed by atoms with E-state index in [2.05, 4.69) is 27.0 Å². The number of halogens is 1. The SMILES string of the molecule is CCCCCCCCCCC(=O)OBr. The summed E-state index contributed by atoms with van der Waals surface area (Å²) in [7, 11) is 0. The number of carbonyl (C=O) groups excluding carboxylic acids is 1. The molecule has 0 bridgehead atoms. The van der Waals surface area contributed by atoms with Crippen molar-refractivity contribution >= 4 is 22.2 Å². The molecule has 0 aromatic rings. The number of hydrogen-bond donors (Lipinski definition) is 0. The maximum atomic E-state index is 10.7. The van der Waals surface area contributed by atoms with Gasteiger partial charge in [-0.1, -0.05) is 51.9 Å². The van der Waals surface area contributed by atoms with E-state index >= 15 is 0 Å². The Labute approximate surface area is 95.9 Å². The van der Waals surface area contributed by atoms with Crippen LogP contribution in [0.15, 0.2) is 0 Å². The Morgan fingerprint density at radius 1 is 1.00 bits per heavy atom. The van der Waals surface area contributed by atoms with Gasteiger partial charge >= 0.3 is 5.97 Å². The van der Waals surface area contributed by atoms with Gasteiger partial charge in [0.05, 0.1) is 0 Å². The summed E-state index contributed by atoms with van der Waals surface area (Å²) in [5.41, 5.74) is 0. The fraction of sp³-hybridized carbons (Fsp3) is 0.909. The van der Waals surface area contributed by atoms with Crippen LogP contribution in [0.3, 0.4) is 0 Å². The first-order chi connectivity index (χ1) is 6.81. The molecule has 0 saturated heterocycles. The van der Waals surface area contributed by atoms with Gasteiger partial charge < -0.3 is 3.83 Å². The first-order valence-electron chi connectivity index (χ1n) is 5.62. The summed E-state index contributed by atoms with van der Waals surface area (Å²) in [6, 6.07) is 0. The summed E-state index contributed by atoms with van der Waals surface area (Å²) in [4.78, 5) is 10.7. The van der Waals surface area contributed by atoms with Crippen molar-refractivity contribution in [3.63, 3.8) is 0 Å². The Morgan fingerprint density at radius 3 is 2.00 bits per heavy atom. The molecule has 0 aliphatic carbocycles. The maximum Gasteiger partial charge on any atom is 0.317 e. The smallest absolute Gasteiger partial charge is 0.317 e. The van der Waals surface area contributed by atoms with Gasteiger partial charge in [-0.25, -0.2) is 0 Å². The minimum atomic E-state index is -0.156. The van der Waals surface area contributed by atoms with Crippen LogP contribution in [0, 0.1) is 0 Å². The van der Waals surface area contributed by atoms with Crippen LogP contribution < -0.4 is 0 Å². The lowest BCUT2D eigenvalue weighted by Crippen LogP contribution is -1.95. The monoisotopic (exact) mass is 264 g/mol. The van der Waals surface area contributed by atoms with E-state index in [9.17, 15) is 4.79 Å². The van der Waals surface area contributed by atoms with E-state index < -0.39 is 0 Å². The van der Waals surface area contributed by atoms with Crippen LogP contribution in [0.1, 0.15) is 64.7 Å². The topological polar surface area (TPSA) is 26.3 Å². The fourth-order valence-electron chi connectivity index (χ4n) is 1.44. The van der Waals surface area contributed by atoms with Crippen LogP contribution in [0.5, 0.6) is 0 Å². The molecule has 3 heteroatoms. The van der Waals surface area contributed by atoms with E-state index in [4.69, 9.17) is 0 Å². The van der Waals surface area contributed by atoms with Gasteiger partial charge in [-0.15, -0.1) is 0 Å². The molecule has 0 aromatic carbocycles. The van der Waals surface area contributed by atoms with Gasteiger partial charge in [0.25, 0.3) is 0 Å². The zero-order chi connectivity index (χ0) is 10.6.